The van der Waals surface area contributed by atoms with Gasteiger partial charge < -0.3 is 51.4 Å². The highest BCUT2D eigenvalue weighted by atomic mass is 16.5. The van der Waals surface area contributed by atoms with Gasteiger partial charge in [0, 0.05) is 23.2 Å². The fourth-order valence-electron chi connectivity index (χ4n) is 5.86. The molecule has 0 radical (unpaired) electrons. The van der Waals surface area contributed by atoms with Gasteiger partial charge in [-0.15, -0.1) is 0 Å². The number of phenols is 3. The van der Waals surface area contributed by atoms with Crippen molar-refractivity contribution in [1.29, 1.82) is 0 Å². The van der Waals surface area contributed by atoms with E-state index in [0.717, 1.165) is 61.4 Å². The van der Waals surface area contributed by atoms with Crippen LogP contribution in [0.25, 0.3) is 22.0 Å². The number of aliphatic hydroxyl groups excluding tert-OH is 3. The standard InChI is InChI=1S/C29H39N3O7/c30-9-8-18-19(10-22(36)27(37)26(18)32-29(13-33,14-34)15-35)25-24-20(16-4-1-2-5-16)12-31-21(24)11-23(28(25)38)39-17-6-3-7-17/h10-12,16-17,31-38H,1-9,13-15,30H2. The van der Waals surface area contributed by atoms with Crippen LogP contribution in [0.4, 0.5) is 5.69 Å². The molecule has 3 aromatic rings. The van der Waals surface area contributed by atoms with Crippen LogP contribution >= 0.6 is 0 Å². The highest BCUT2D eigenvalue weighted by Gasteiger charge is 2.33. The number of hydrogen-bond donors (Lipinski definition) is 9. The van der Waals surface area contributed by atoms with Gasteiger partial charge in [-0.05, 0) is 73.7 Å². The van der Waals surface area contributed by atoms with Gasteiger partial charge in [-0.1, -0.05) is 12.8 Å². The Morgan fingerprint density at radius 3 is 2.23 bits per heavy atom. The first-order valence-corrected chi connectivity index (χ1v) is 13.8. The molecule has 1 aromatic heterocycles. The van der Waals surface area contributed by atoms with Crippen molar-refractivity contribution in [2.75, 3.05) is 31.7 Å². The highest BCUT2D eigenvalue weighted by molar-refractivity contribution is 6.04. The SMILES string of the molecule is NCCc1c(-c2c(O)c(OC3CCC3)cc3[nH]cc(C4CCCC4)c23)cc(O)c(O)c1NC(CO)(CO)CO. The zero-order valence-corrected chi connectivity index (χ0v) is 22.0. The maximum Gasteiger partial charge on any atom is 0.181 e. The van der Waals surface area contributed by atoms with E-state index in [0.29, 0.717) is 28.4 Å². The number of phenolic OH excluding ortho intramolecular Hbond substituents is 3. The molecule has 10 N–H and O–H groups in total. The van der Waals surface area contributed by atoms with Crippen LogP contribution in [0.5, 0.6) is 23.0 Å². The summed E-state index contributed by atoms with van der Waals surface area (Å²) in [5.41, 5.74) is 7.63. The van der Waals surface area contributed by atoms with Crippen molar-refractivity contribution >= 4 is 16.6 Å². The molecule has 1 heterocycles. The molecule has 0 amide bonds. The van der Waals surface area contributed by atoms with Crippen LogP contribution in [0.3, 0.4) is 0 Å². The molecule has 10 heteroatoms. The molecule has 2 aliphatic carbocycles. The molecular weight excluding hydrogens is 502 g/mol. The second-order valence-electron chi connectivity index (χ2n) is 11.0. The number of benzene rings is 2. The minimum absolute atomic E-state index is 0.0127. The third-order valence-electron chi connectivity index (χ3n) is 8.43. The molecule has 0 unspecified atom stereocenters. The fourth-order valence-corrected chi connectivity index (χ4v) is 5.86. The van der Waals surface area contributed by atoms with Gasteiger partial charge in [0.1, 0.15) is 5.54 Å². The number of aromatic nitrogens is 1. The average molecular weight is 542 g/mol. The molecule has 212 valence electrons. The normalized spacial score (nSPS) is 16.6. The number of hydrogen-bond acceptors (Lipinski definition) is 9. The summed E-state index contributed by atoms with van der Waals surface area (Å²) in [5.74, 6) is -0.405. The first kappa shape index (κ1) is 27.4. The maximum absolute atomic E-state index is 11.8. The van der Waals surface area contributed by atoms with Crippen LogP contribution in [0.2, 0.25) is 0 Å². The third kappa shape index (κ3) is 4.86. The van der Waals surface area contributed by atoms with Crippen LogP contribution in [0.15, 0.2) is 18.3 Å². The summed E-state index contributed by atoms with van der Waals surface area (Å²) >= 11 is 0. The van der Waals surface area contributed by atoms with E-state index in [1.165, 1.54) is 6.07 Å². The van der Waals surface area contributed by atoms with Gasteiger partial charge in [0.15, 0.2) is 23.0 Å². The first-order chi connectivity index (χ1) is 18.9. The largest absolute Gasteiger partial charge is 0.504 e. The van der Waals surface area contributed by atoms with Gasteiger partial charge in [-0.3, -0.25) is 0 Å². The van der Waals surface area contributed by atoms with Crippen LogP contribution < -0.4 is 15.8 Å². The molecule has 0 bridgehead atoms. The van der Waals surface area contributed by atoms with Crippen molar-refractivity contribution in [3.05, 3.63) is 29.5 Å². The lowest BCUT2D eigenvalue weighted by Crippen LogP contribution is -2.49. The van der Waals surface area contributed by atoms with Crippen molar-refractivity contribution in [3.8, 4) is 34.1 Å². The van der Waals surface area contributed by atoms with Gasteiger partial charge in [0.25, 0.3) is 0 Å². The predicted molar refractivity (Wildman–Crippen MR) is 149 cm³/mol. The molecule has 0 spiro atoms. The van der Waals surface area contributed by atoms with E-state index in [1.54, 1.807) is 0 Å². The Kier molecular flexibility index (Phi) is 7.82. The minimum atomic E-state index is -1.58. The topological polar surface area (TPSA) is 184 Å². The molecule has 2 aliphatic rings. The quantitative estimate of drug-likeness (QED) is 0.164. The number of aromatic amines is 1. The summed E-state index contributed by atoms with van der Waals surface area (Å²) in [6.07, 6.45) is 9.41. The predicted octanol–water partition coefficient (Wildman–Crippen LogP) is 3.17. The smallest absolute Gasteiger partial charge is 0.181 e. The zero-order chi connectivity index (χ0) is 27.7. The van der Waals surface area contributed by atoms with Crippen LogP contribution in [-0.4, -0.2) is 73.6 Å². The van der Waals surface area contributed by atoms with E-state index in [1.807, 2.05) is 12.3 Å². The Bertz CT molecular complexity index is 1320. The second-order valence-corrected chi connectivity index (χ2v) is 11.0. The molecule has 0 atom stereocenters. The molecule has 0 aliphatic heterocycles. The van der Waals surface area contributed by atoms with Crippen molar-refractivity contribution in [3.63, 3.8) is 0 Å². The van der Waals surface area contributed by atoms with E-state index >= 15 is 0 Å². The molecule has 0 saturated heterocycles. The lowest BCUT2D eigenvalue weighted by Gasteiger charge is -2.32. The molecule has 39 heavy (non-hydrogen) atoms. The summed E-state index contributed by atoms with van der Waals surface area (Å²) in [7, 11) is 0. The summed E-state index contributed by atoms with van der Waals surface area (Å²) in [4.78, 5) is 3.37. The number of rotatable bonds is 11. The van der Waals surface area contributed by atoms with Gasteiger partial charge in [0.05, 0.1) is 37.1 Å². The number of nitrogens with one attached hydrogen (secondary N) is 2. The molecular formula is C29H39N3O7. The summed E-state index contributed by atoms with van der Waals surface area (Å²) in [6.45, 7) is -1.76. The number of ether oxygens (including phenoxy) is 1. The van der Waals surface area contributed by atoms with Crippen molar-refractivity contribution in [2.24, 2.45) is 5.73 Å². The first-order valence-electron chi connectivity index (χ1n) is 13.8. The molecule has 2 fully saturated rings. The number of H-pyrrole nitrogens is 1. The Morgan fingerprint density at radius 2 is 1.64 bits per heavy atom. The van der Waals surface area contributed by atoms with Crippen molar-refractivity contribution in [1.82, 2.24) is 4.98 Å². The van der Waals surface area contributed by atoms with Crippen LogP contribution in [-0.2, 0) is 6.42 Å². The average Bonchev–Trinajstić information content (AvgIpc) is 3.59. The Morgan fingerprint density at radius 1 is 0.949 bits per heavy atom. The Hall–Kier alpha value is -3.18. The number of aromatic hydroxyl groups is 3. The van der Waals surface area contributed by atoms with Gasteiger partial charge in [0.2, 0.25) is 0 Å². The zero-order valence-electron chi connectivity index (χ0n) is 22.0. The van der Waals surface area contributed by atoms with E-state index < -0.39 is 36.9 Å². The molecule has 2 saturated carbocycles. The monoisotopic (exact) mass is 541 g/mol. The second kappa shape index (κ2) is 11.1. The lowest BCUT2D eigenvalue weighted by molar-refractivity contribution is 0.0831. The minimum Gasteiger partial charge on any atom is -0.504 e. The van der Waals surface area contributed by atoms with Gasteiger partial charge in [-0.2, -0.15) is 0 Å². The summed E-state index contributed by atoms with van der Waals surface area (Å²) in [5, 5.41) is 67.1. The maximum atomic E-state index is 11.8. The van der Waals surface area contributed by atoms with E-state index in [-0.39, 0.29) is 30.5 Å². The lowest BCUT2D eigenvalue weighted by atomic mass is 9.87. The summed E-state index contributed by atoms with van der Waals surface area (Å²) in [6, 6.07) is 3.22. The summed E-state index contributed by atoms with van der Waals surface area (Å²) < 4.78 is 6.18. The van der Waals surface area contributed by atoms with Crippen LogP contribution in [0.1, 0.15) is 62.0 Å². The van der Waals surface area contributed by atoms with E-state index in [4.69, 9.17) is 10.5 Å². The molecule has 2 aromatic carbocycles. The third-order valence-corrected chi connectivity index (χ3v) is 8.43. The van der Waals surface area contributed by atoms with Gasteiger partial charge in [-0.25, -0.2) is 0 Å². The number of aliphatic hydroxyl groups is 3. The Labute approximate surface area is 227 Å². The van der Waals surface area contributed by atoms with Crippen molar-refractivity contribution in [2.45, 2.75) is 68.9 Å². The van der Waals surface area contributed by atoms with Crippen molar-refractivity contribution < 1.29 is 35.4 Å². The fraction of sp³-hybridized carbons (Fsp3) is 0.517. The number of anilines is 1. The van der Waals surface area contributed by atoms with Crippen LogP contribution in [0, 0.1) is 0 Å². The van der Waals surface area contributed by atoms with E-state index in [9.17, 15) is 30.6 Å². The number of nitrogens with two attached hydrogens (primary N) is 1. The molecule has 10 nitrogen and oxygen atoms in total. The highest BCUT2D eigenvalue weighted by Crippen LogP contribution is 2.52. The van der Waals surface area contributed by atoms with Gasteiger partial charge >= 0.3 is 0 Å². The Balaban J connectivity index is 1.79. The molecule has 5 rings (SSSR count). The van der Waals surface area contributed by atoms with E-state index in [2.05, 4.69) is 10.3 Å². The number of fused-ring (bicyclic) bond motifs is 1.